The number of hydrogen-bond acceptors (Lipinski definition) is 9. The van der Waals surface area contributed by atoms with Crippen LogP contribution in [0.3, 0.4) is 0 Å². The summed E-state index contributed by atoms with van der Waals surface area (Å²) in [6.07, 6.45) is -3.79. The Kier molecular flexibility index (Phi) is 4.90. The van der Waals surface area contributed by atoms with E-state index in [1.165, 1.54) is 16.7 Å². The summed E-state index contributed by atoms with van der Waals surface area (Å²) in [5, 5.41) is 40.6. The van der Waals surface area contributed by atoms with Crippen molar-refractivity contribution in [1.29, 1.82) is 0 Å². The molecule has 30 heavy (non-hydrogen) atoms. The third-order valence-electron chi connectivity index (χ3n) is 7.17. The van der Waals surface area contributed by atoms with E-state index in [1.807, 2.05) is 0 Å². The number of amides is 3. The molecule has 3 saturated heterocycles. The Labute approximate surface area is 173 Å². The van der Waals surface area contributed by atoms with Crippen molar-refractivity contribution in [3.63, 3.8) is 0 Å². The Morgan fingerprint density at radius 2 is 1.83 bits per heavy atom. The van der Waals surface area contributed by atoms with Crippen LogP contribution < -0.4 is 0 Å². The molecule has 3 aliphatic heterocycles. The summed E-state index contributed by atoms with van der Waals surface area (Å²) < 4.78 is 10.5. The van der Waals surface area contributed by atoms with E-state index in [1.54, 1.807) is 6.92 Å². The zero-order valence-electron chi connectivity index (χ0n) is 17.0. The molecule has 6 atom stereocenters. The molecule has 0 bridgehead atoms. The van der Waals surface area contributed by atoms with E-state index in [4.69, 9.17) is 9.47 Å². The van der Waals surface area contributed by atoms with Crippen LogP contribution in [0.5, 0.6) is 0 Å². The maximum Gasteiger partial charge on any atom is 0.409 e. The van der Waals surface area contributed by atoms with Gasteiger partial charge in [0.2, 0.25) is 11.8 Å². The van der Waals surface area contributed by atoms with Gasteiger partial charge in [0.25, 0.3) is 0 Å². The van der Waals surface area contributed by atoms with Gasteiger partial charge in [-0.15, -0.1) is 0 Å². The van der Waals surface area contributed by atoms with Crippen molar-refractivity contribution in [1.82, 2.24) is 9.80 Å². The van der Waals surface area contributed by atoms with Crippen LogP contribution in [0, 0.1) is 11.3 Å². The highest BCUT2D eigenvalue weighted by molar-refractivity contribution is 6.06. The van der Waals surface area contributed by atoms with Crippen LogP contribution in [0.2, 0.25) is 0 Å². The summed E-state index contributed by atoms with van der Waals surface area (Å²) in [4.78, 5) is 39.8. The Hall–Kier alpha value is -1.79. The fourth-order valence-corrected chi connectivity index (χ4v) is 5.11. The number of hydrogen-bond donors (Lipinski definition) is 4. The minimum atomic E-state index is -2.00. The predicted molar refractivity (Wildman–Crippen MR) is 97.5 cm³/mol. The minimum Gasteiger partial charge on any atom is -0.447 e. The summed E-state index contributed by atoms with van der Waals surface area (Å²) >= 11 is 0. The molecule has 4 fully saturated rings. The fourth-order valence-electron chi connectivity index (χ4n) is 5.11. The maximum absolute atomic E-state index is 12.6. The highest BCUT2D eigenvalue weighted by Crippen LogP contribution is 2.56. The van der Waals surface area contributed by atoms with Crippen molar-refractivity contribution in [2.24, 2.45) is 11.3 Å². The van der Waals surface area contributed by atoms with Crippen molar-refractivity contribution >= 4 is 17.9 Å². The molecule has 0 radical (unpaired) electrons. The molecule has 1 aliphatic carbocycles. The second-order valence-corrected chi connectivity index (χ2v) is 8.93. The molecule has 0 aromatic heterocycles. The number of piperidine rings is 1. The number of aliphatic hydroxyl groups is 4. The van der Waals surface area contributed by atoms with Gasteiger partial charge < -0.3 is 34.8 Å². The SMILES string of the molecule is CCN1C(=O)CC2(CCN(C(=O)OCC3OC(C)(O)C(O)C4C(O)C34O)CC2)C1=O. The van der Waals surface area contributed by atoms with Crippen molar-refractivity contribution in [3.8, 4) is 0 Å². The standard InChI is InChI=1S/C19H28N2O9/c1-3-21-11(22)8-18(15(21)25)4-6-20(7-5-18)16(26)29-9-10-19(28)12(14(19)24)13(23)17(2,27)30-10/h10,12-14,23-24,27-28H,3-9H2,1-2H3. The van der Waals surface area contributed by atoms with Gasteiger partial charge in [0.15, 0.2) is 5.79 Å². The lowest BCUT2D eigenvalue weighted by Gasteiger charge is -2.40. The van der Waals surface area contributed by atoms with Crippen LogP contribution in [0.25, 0.3) is 0 Å². The molecule has 11 nitrogen and oxygen atoms in total. The Bertz CT molecular complexity index is 763. The average Bonchev–Trinajstić information content (AvgIpc) is 3.17. The number of carbonyl (C=O) groups excluding carboxylic acids is 3. The molecule has 11 heteroatoms. The van der Waals surface area contributed by atoms with Crippen LogP contribution in [0.4, 0.5) is 4.79 Å². The highest BCUT2D eigenvalue weighted by atomic mass is 16.7. The Balaban J connectivity index is 1.33. The summed E-state index contributed by atoms with van der Waals surface area (Å²) in [6, 6.07) is 0. The zero-order valence-corrected chi connectivity index (χ0v) is 17.0. The van der Waals surface area contributed by atoms with E-state index in [-0.39, 0.29) is 31.3 Å². The average molecular weight is 428 g/mol. The van der Waals surface area contributed by atoms with Crippen molar-refractivity contribution < 1.29 is 44.3 Å². The van der Waals surface area contributed by atoms with E-state index in [2.05, 4.69) is 0 Å². The first kappa shape index (κ1) is 21.4. The third kappa shape index (κ3) is 2.94. The van der Waals surface area contributed by atoms with Gasteiger partial charge in [-0.2, -0.15) is 0 Å². The lowest BCUT2D eigenvalue weighted by molar-refractivity contribution is -0.317. The largest absolute Gasteiger partial charge is 0.447 e. The van der Waals surface area contributed by atoms with E-state index in [0.717, 1.165) is 0 Å². The molecular weight excluding hydrogens is 400 g/mol. The predicted octanol–water partition coefficient (Wildman–Crippen LogP) is -1.83. The molecule has 3 amide bonds. The molecule has 6 unspecified atom stereocenters. The van der Waals surface area contributed by atoms with Crippen molar-refractivity contribution in [2.45, 2.75) is 62.8 Å². The molecule has 0 aromatic carbocycles. The fraction of sp³-hybridized carbons (Fsp3) is 0.842. The second-order valence-electron chi connectivity index (χ2n) is 8.93. The molecule has 4 aliphatic rings. The van der Waals surface area contributed by atoms with Gasteiger partial charge >= 0.3 is 6.09 Å². The molecule has 1 saturated carbocycles. The first-order chi connectivity index (χ1) is 14.0. The van der Waals surface area contributed by atoms with Gasteiger partial charge in [0.1, 0.15) is 24.4 Å². The number of nitrogens with zero attached hydrogens (tertiary/aromatic N) is 2. The van der Waals surface area contributed by atoms with Crippen LogP contribution in [-0.4, -0.2) is 104 Å². The third-order valence-corrected chi connectivity index (χ3v) is 7.17. The molecule has 0 aromatic rings. The first-order valence-electron chi connectivity index (χ1n) is 10.2. The number of rotatable bonds is 3. The number of ether oxygens (including phenoxy) is 2. The van der Waals surface area contributed by atoms with E-state index < -0.39 is 53.7 Å². The zero-order chi connectivity index (χ0) is 22.1. The molecule has 3 heterocycles. The number of likely N-dealkylation sites (tertiary alicyclic amines) is 2. The Morgan fingerprint density at radius 1 is 1.20 bits per heavy atom. The number of carbonyl (C=O) groups is 3. The molecule has 4 rings (SSSR count). The smallest absolute Gasteiger partial charge is 0.409 e. The van der Waals surface area contributed by atoms with Crippen LogP contribution in [0.15, 0.2) is 0 Å². The number of fused-ring (bicyclic) bond motifs is 1. The van der Waals surface area contributed by atoms with Gasteiger partial charge in [0, 0.05) is 26.1 Å². The topological polar surface area (TPSA) is 157 Å². The summed E-state index contributed by atoms with van der Waals surface area (Å²) in [5.41, 5.74) is -2.56. The minimum absolute atomic E-state index is 0.155. The lowest BCUT2D eigenvalue weighted by Crippen LogP contribution is -2.57. The van der Waals surface area contributed by atoms with Crippen molar-refractivity contribution in [3.05, 3.63) is 0 Å². The van der Waals surface area contributed by atoms with Crippen LogP contribution in [0.1, 0.15) is 33.1 Å². The van der Waals surface area contributed by atoms with Crippen LogP contribution >= 0.6 is 0 Å². The van der Waals surface area contributed by atoms with Gasteiger partial charge in [-0.1, -0.05) is 0 Å². The second kappa shape index (κ2) is 6.86. The van der Waals surface area contributed by atoms with Gasteiger partial charge in [-0.05, 0) is 26.7 Å². The normalized spacial score (nSPS) is 42.5. The summed E-state index contributed by atoms with van der Waals surface area (Å²) in [6.45, 7) is 3.36. The summed E-state index contributed by atoms with van der Waals surface area (Å²) in [5.74, 6) is -3.36. The number of aliphatic hydroxyl groups excluding tert-OH is 2. The molecule has 1 spiro atoms. The van der Waals surface area contributed by atoms with Gasteiger partial charge in [0.05, 0.1) is 17.4 Å². The first-order valence-corrected chi connectivity index (χ1v) is 10.2. The monoisotopic (exact) mass is 428 g/mol. The maximum atomic E-state index is 12.6. The molecular formula is C19H28N2O9. The molecule has 4 N–H and O–H groups in total. The molecule has 168 valence electrons. The Morgan fingerprint density at radius 3 is 2.40 bits per heavy atom. The highest BCUT2D eigenvalue weighted by Gasteiger charge is 2.77. The van der Waals surface area contributed by atoms with Crippen LogP contribution in [-0.2, 0) is 19.1 Å². The van der Waals surface area contributed by atoms with Crippen molar-refractivity contribution in [2.75, 3.05) is 26.2 Å². The van der Waals surface area contributed by atoms with E-state index in [0.29, 0.717) is 19.4 Å². The quantitative estimate of drug-likeness (QED) is 0.380. The summed E-state index contributed by atoms with van der Waals surface area (Å²) in [7, 11) is 0. The van der Waals surface area contributed by atoms with E-state index >= 15 is 0 Å². The number of imide groups is 1. The lowest BCUT2D eigenvalue weighted by atomic mass is 9.77. The van der Waals surface area contributed by atoms with Gasteiger partial charge in [-0.25, -0.2) is 4.79 Å². The van der Waals surface area contributed by atoms with E-state index in [9.17, 15) is 34.8 Å². The van der Waals surface area contributed by atoms with Gasteiger partial charge in [-0.3, -0.25) is 14.5 Å².